The molecule has 1 aromatic rings. The van der Waals surface area contributed by atoms with Crippen LogP contribution in [0.5, 0.6) is 0 Å². The first-order valence-electron chi connectivity index (χ1n) is 5.88. The summed E-state index contributed by atoms with van der Waals surface area (Å²) in [5.74, 6) is -0.177. The number of ether oxygens (including phenoxy) is 1. The van der Waals surface area contributed by atoms with Gasteiger partial charge in [-0.2, -0.15) is 0 Å². The number of halogens is 2. The highest BCUT2D eigenvalue weighted by molar-refractivity contribution is 9.10. The Morgan fingerprint density at radius 2 is 2.35 bits per heavy atom. The Kier molecular flexibility index (Phi) is 4.17. The fourth-order valence-electron chi connectivity index (χ4n) is 2.10. The zero-order chi connectivity index (χ0) is 12.3. The average molecular weight is 302 g/mol. The molecule has 0 amide bonds. The number of benzene rings is 1. The molecule has 1 unspecified atom stereocenters. The van der Waals surface area contributed by atoms with Crippen molar-refractivity contribution in [2.45, 2.75) is 31.9 Å². The summed E-state index contributed by atoms with van der Waals surface area (Å²) in [5, 5.41) is 3.26. The van der Waals surface area contributed by atoms with Gasteiger partial charge in [0.2, 0.25) is 0 Å². The van der Waals surface area contributed by atoms with E-state index in [1.165, 1.54) is 6.07 Å². The molecule has 1 fully saturated rings. The van der Waals surface area contributed by atoms with Crippen molar-refractivity contribution in [1.82, 2.24) is 5.32 Å². The van der Waals surface area contributed by atoms with Gasteiger partial charge in [0.25, 0.3) is 0 Å². The van der Waals surface area contributed by atoms with E-state index in [-0.39, 0.29) is 11.4 Å². The number of hydrogen-bond donors (Lipinski definition) is 1. The smallest absolute Gasteiger partial charge is 0.128 e. The second-order valence-corrected chi connectivity index (χ2v) is 5.66. The van der Waals surface area contributed by atoms with Crippen LogP contribution in [0.4, 0.5) is 4.39 Å². The summed E-state index contributed by atoms with van der Waals surface area (Å²) in [6, 6.07) is 5.14. The first-order valence-corrected chi connectivity index (χ1v) is 6.67. The molecule has 0 spiro atoms. The van der Waals surface area contributed by atoms with Crippen LogP contribution in [-0.2, 0) is 11.3 Å². The Balaban J connectivity index is 1.85. The fourth-order valence-corrected chi connectivity index (χ4v) is 2.44. The van der Waals surface area contributed by atoms with Gasteiger partial charge in [-0.25, -0.2) is 4.39 Å². The van der Waals surface area contributed by atoms with Crippen molar-refractivity contribution in [2.75, 3.05) is 13.2 Å². The third-order valence-corrected chi connectivity index (χ3v) is 3.62. The third-order valence-electron chi connectivity index (χ3n) is 3.13. The van der Waals surface area contributed by atoms with Crippen molar-refractivity contribution in [3.05, 3.63) is 34.1 Å². The predicted octanol–water partition coefficient (Wildman–Crippen LogP) is 3.25. The number of hydrogen-bond acceptors (Lipinski definition) is 2. The molecule has 2 rings (SSSR count). The molecule has 1 atom stereocenters. The highest BCUT2D eigenvalue weighted by atomic mass is 79.9. The van der Waals surface area contributed by atoms with E-state index in [2.05, 4.69) is 28.2 Å². The standard InChI is InChI=1S/C13H17BrFNO/c1-13(5-2-6-17-13)9-16-8-10-3-4-11(14)7-12(10)15/h3-4,7,16H,2,5-6,8-9H2,1H3. The van der Waals surface area contributed by atoms with Gasteiger partial charge in [0, 0.05) is 29.7 Å². The monoisotopic (exact) mass is 301 g/mol. The molecule has 0 bridgehead atoms. The lowest BCUT2D eigenvalue weighted by Gasteiger charge is -2.23. The van der Waals surface area contributed by atoms with Crippen molar-refractivity contribution in [3.8, 4) is 0 Å². The zero-order valence-corrected chi connectivity index (χ0v) is 11.5. The van der Waals surface area contributed by atoms with E-state index in [9.17, 15) is 4.39 Å². The molecule has 1 saturated heterocycles. The molecule has 1 aliphatic rings. The summed E-state index contributed by atoms with van der Waals surface area (Å²) in [5.41, 5.74) is 0.612. The third kappa shape index (κ3) is 3.50. The molecule has 0 radical (unpaired) electrons. The first-order chi connectivity index (χ1) is 8.09. The van der Waals surface area contributed by atoms with Gasteiger partial charge in [-0.05, 0) is 31.9 Å². The lowest BCUT2D eigenvalue weighted by Crippen LogP contribution is -2.36. The van der Waals surface area contributed by atoms with Crippen LogP contribution in [0.25, 0.3) is 0 Å². The van der Waals surface area contributed by atoms with Crippen molar-refractivity contribution in [3.63, 3.8) is 0 Å². The minimum Gasteiger partial charge on any atom is -0.374 e. The molecule has 1 aliphatic heterocycles. The Bertz CT molecular complexity index is 391. The lowest BCUT2D eigenvalue weighted by atomic mass is 10.0. The minimum atomic E-state index is -0.177. The second-order valence-electron chi connectivity index (χ2n) is 4.74. The van der Waals surface area contributed by atoms with Crippen LogP contribution < -0.4 is 5.32 Å². The van der Waals surface area contributed by atoms with Gasteiger partial charge in [-0.15, -0.1) is 0 Å². The summed E-state index contributed by atoms with van der Waals surface area (Å²) in [4.78, 5) is 0. The summed E-state index contributed by atoms with van der Waals surface area (Å²) < 4.78 is 20.0. The molecule has 1 heterocycles. The van der Waals surface area contributed by atoms with E-state index in [1.54, 1.807) is 6.07 Å². The van der Waals surface area contributed by atoms with Crippen LogP contribution in [0.3, 0.4) is 0 Å². The van der Waals surface area contributed by atoms with Crippen LogP contribution in [0, 0.1) is 5.82 Å². The summed E-state index contributed by atoms with van der Waals surface area (Å²) in [6.07, 6.45) is 2.19. The highest BCUT2D eigenvalue weighted by Crippen LogP contribution is 2.24. The van der Waals surface area contributed by atoms with Crippen LogP contribution in [-0.4, -0.2) is 18.8 Å². The molecular weight excluding hydrogens is 285 g/mol. The molecule has 1 N–H and O–H groups in total. The van der Waals surface area contributed by atoms with E-state index >= 15 is 0 Å². The van der Waals surface area contributed by atoms with Crippen molar-refractivity contribution >= 4 is 15.9 Å². The predicted molar refractivity (Wildman–Crippen MR) is 69.4 cm³/mol. The topological polar surface area (TPSA) is 21.3 Å². The summed E-state index contributed by atoms with van der Waals surface area (Å²) in [6.45, 7) is 4.25. The molecule has 0 saturated carbocycles. The molecule has 2 nitrogen and oxygen atoms in total. The maximum atomic E-state index is 13.5. The Morgan fingerprint density at radius 1 is 1.53 bits per heavy atom. The van der Waals surface area contributed by atoms with Gasteiger partial charge in [-0.1, -0.05) is 22.0 Å². The maximum absolute atomic E-state index is 13.5. The van der Waals surface area contributed by atoms with Gasteiger partial charge in [0.15, 0.2) is 0 Å². The molecule has 94 valence electrons. The molecule has 1 aromatic carbocycles. The van der Waals surface area contributed by atoms with Crippen LogP contribution in [0.15, 0.2) is 22.7 Å². The largest absolute Gasteiger partial charge is 0.374 e. The Morgan fingerprint density at radius 3 is 3.00 bits per heavy atom. The molecular formula is C13H17BrFNO. The van der Waals surface area contributed by atoms with E-state index in [4.69, 9.17) is 4.74 Å². The van der Waals surface area contributed by atoms with Gasteiger partial charge >= 0.3 is 0 Å². The molecule has 17 heavy (non-hydrogen) atoms. The molecule has 0 aromatic heterocycles. The summed E-state index contributed by atoms with van der Waals surface area (Å²) >= 11 is 3.25. The van der Waals surface area contributed by atoms with Crippen LogP contribution >= 0.6 is 15.9 Å². The quantitative estimate of drug-likeness (QED) is 0.922. The van der Waals surface area contributed by atoms with E-state index in [1.807, 2.05) is 6.07 Å². The number of rotatable bonds is 4. The van der Waals surface area contributed by atoms with Gasteiger partial charge in [0.05, 0.1) is 5.60 Å². The van der Waals surface area contributed by atoms with Gasteiger partial charge in [0.1, 0.15) is 5.82 Å². The highest BCUT2D eigenvalue weighted by Gasteiger charge is 2.28. The maximum Gasteiger partial charge on any atom is 0.128 e. The average Bonchev–Trinajstić information content (AvgIpc) is 2.69. The van der Waals surface area contributed by atoms with Crippen molar-refractivity contribution in [1.29, 1.82) is 0 Å². The van der Waals surface area contributed by atoms with E-state index in [0.29, 0.717) is 12.1 Å². The SMILES string of the molecule is CC1(CNCc2ccc(Br)cc2F)CCCO1. The lowest BCUT2D eigenvalue weighted by molar-refractivity contribution is 0.0206. The van der Waals surface area contributed by atoms with E-state index in [0.717, 1.165) is 30.5 Å². The summed E-state index contributed by atoms with van der Waals surface area (Å²) in [7, 11) is 0. The Labute approximate surface area is 110 Å². The normalized spacial score (nSPS) is 24.2. The van der Waals surface area contributed by atoms with E-state index < -0.39 is 0 Å². The second kappa shape index (κ2) is 5.46. The zero-order valence-electron chi connectivity index (χ0n) is 9.93. The fraction of sp³-hybridized carbons (Fsp3) is 0.538. The van der Waals surface area contributed by atoms with Gasteiger partial charge < -0.3 is 10.1 Å². The van der Waals surface area contributed by atoms with Crippen LogP contribution in [0.1, 0.15) is 25.3 Å². The van der Waals surface area contributed by atoms with Gasteiger partial charge in [-0.3, -0.25) is 0 Å². The van der Waals surface area contributed by atoms with Crippen LogP contribution in [0.2, 0.25) is 0 Å². The number of nitrogens with one attached hydrogen (secondary N) is 1. The van der Waals surface area contributed by atoms with Crippen molar-refractivity contribution < 1.29 is 9.13 Å². The molecule has 0 aliphatic carbocycles. The molecule has 4 heteroatoms. The minimum absolute atomic E-state index is 0.0775. The first kappa shape index (κ1) is 13.0. The Hall–Kier alpha value is -0.450. The van der Waals surface area contributed by atoms with Crippen molar-refractivity contribution in [2.24, 2.45) is 0 Å².